The lowest BCUT2D eigenvalue weighted by molar-refractivity contribution is -0.159. The number of amides is 1. The first kappa shape index (κ1) is 16.5. The van der Waals surface area contributed by atoms with E-state index in [1.807, 2.05) is 0 Å². The van der Waals surface area contributed by atoms with Crippen molar-refractivity contribution < 1.29 is 24.1 Å². The summed E-state index contributed by atoms with van der Waals surface area (Å²) in [5.41, 5.74) is 2.95. The Morgan fingerprint density at radius 2 is 2.23 bits per heavy atom. The third-order valence-corrected chi connectivity index (χ3v) is 3.34. The number of nitrogens with one attached hydrogen (secondary N) is 1. The summed E-state index contributed by atoms with van der Waals surface area (Å²) in [6, 6.07) is 3.04. The van der Waals surface area contributed by atoms with Gasteiger partial charge in [-0.25, -0.2) is 5.43 Å². The Morgan fingerprint density at radius 3 is 2.86 bits per heavy atom. The van der Waals surface area contributed by atoms with Gasteiger partial charge >= 0.3 is 0 Å². The van der Waals surface area contributed by atoms with Crippen molar-refractivity contribution in [1.29, 1.82) is 0 Å². The van der Waals surface area contributed by atoms with Crippen LogP contribution in [0.4, 0.5) is 0 Å². The highest BCUT2D eigenvalue weighted by molar-refractivity contribution is 6.32. The average Bonchev–Trinajstić information content (AvgIpc) is 2.88. The van der Waals surface area contributed by atoms with Gasteiger partial charge in [-0.3, -0.25) is 4.79 Å². The van der Waals surface area contributed by atoms with E-state index in [1.54, 1.807) is 13.0 Å². The molecule has 0 unspecified atom stereocenters. The molecule has 1 aliphatic rings. The molecule has 7 nitrogen and oxygen atoms in total. The second kappa shape index (κ2) is 6.95. The van der Waals surface area contributed by atoms with Crippen molar-refractivity contribution in [2.75, 3.05) is 20.3 Å². The zero-order valence-electron chi connectivity index (χ0n) is 12.3. The summed E-state index contributed by atoms with van der Waals surface area (Å²) < 4.78 is 15.7. The number of methoxy groups -OCH3 is 1. The van der Waals surface area contributed by atoms with Gasteiger partial charge in [0, 0.05) is 0 Å². The molecule has 0 saturated carbocycles. The number of ether oxygens (including phenoxy) is 3. The number of phenolic OH excluding ortho intramolecular Hbond substituents is 1. The number of aromatic hydroxyl groups is 1. The van der Waals surface area contributed by atoms with Crippen molar-refractivity contribution in [3.63, 3.8) is 0 Å². The van der Waals surface area contributed by atoms with E-state index in [0.29, 0.717) is 18.8 Å². The fourth-order valence-corrected chi connectivity index (χ4v) is 2.21. The number of rotatable bonds is 5. The number of nitrogens with zero attached hydrogens (tertiary/aromatic N) is 1. The highest BCUT2D eigenvalue weighted by Gasteiger charge is 2.33. The van der Waals surface area contributed by atoms with Crippen LogP contribution in [0.1, 0.15) is 18.9 Å². The molecule has 1 heterocycles. The molecule has 8 heteroatoms. The van der Waals surface area contributed by atoms with Crippen LogP contribution in [-0.4, -0.2) is 43.3 Å². The highest BCUT2D eigenvalue weighted by Crippen LogP contribution is 2.34. The van der Waals surface area contributed by atoms with Crippen molar-refractivity contribution in [1.82, 2.24) is 5.43 Å². The van der Waals surface area contributed by atoms with Crippen molar-refractivity contribution in [3.8, 4) is 11.5 Å². The summed E-state index contributed by atoms with van der Waals surface area (Å²) in [5.74, 6) is -1.16. The number of hydrogen-bond donors (Lipinski definition) is 2. The van der Waals surface area contributed by atoms with Crippen molar-refractivity contribution in [2.45, 2.75) is 19.1 Å². The summed E-state index contributed by atoms with van der Waals surface area (Å²) >= 11 is 5.86. The molecule has 1 aliphatic heterocycles. The third-order valence-electron chi connectivity index (χ3n) is 3.05. The van der Waals surface area contributed by atoms with Gasteiger partial charge < -0.3 is 19.3 Å². The van der Waals surface area contributed by atoms with Crippen LogP contribution in [0.2, 0.25) is 5.02 Å². The van der Waals surface area contributed by atoms with E-state index in [-0.39, 0.29) is 28.8 Å². The maximum atomic E-state index is 11.8. The van der Waals surface area contributed by atoms with Crippen LogP contribution in [0, 0.1) is 0 Å². The summed E-state index contributed by atoms with van der Waals surface area (Å²) in [6.45, 7) is 2.64. The van der Waals surface area contributed by atoms with Crippen LogP contribution in [0.15, 0.2) is 17.2 Å². The fraction of sp³-hybridized carbons (Fsp3) is 0.429. The maximum absolute atomic E-state index is 11.8. The van der Waals surface area contributed by atoms with E-state index in [0.717, 1.165) is 0 Å². The fourth-order valence-electron chi connectivity index (χ4n) is 1.99. The summed E-state index contributed by atoms with van der Waals surface area (Å²) in [7, 11) is 1.41. The molecule has 0 atom stereocenters. The van der Waals surface area contributed by atoms with E-state index >= 15 is 0 Å². The van der Waals surface area contributed by atoms with Crippen molar-refractivity contribution in [3.05, 3.63) is 22.7 Å². The molecular weight excluding hydrogens is 312 g/mol. The van der Waals surface area contributed by atoms with Gasteiger partial charge in [-0.05, 0) is 24.6 Å². The van der Waals surface area contributed by atoms with Crippen molar-refractivity contribution in [2.24, 2.45) is 5.10 Å². The number of carbonyl (C=O) groups is 1. The normalized spacial score (nSPS) is 16.9. The molecule has 1 aromatic rings. The molecule has 2 rings (SSSR count). The largest absolute Gasteiger partial charge is 0.503 e. The minimum absolute atomic E-state index is 0.0456. The van der Waals surface area contributed by atoms with Crippen LogP contribution in [0.5, 0.6) is 11.5 Å². The van der Waals surface area contributed by atoms with Gasteiger partial charge in [-0.2, -0.15) is 5.10 Å². The Kier molecular flexibility index (Phi) is 5.23. The Morgan fingerprint density at radius 1 is 1.55 bits per heavy atom. The number of carbonyl (C=O) groups excluding carboxylic acids is 1. The Bertz CT molecular complexity index is 585. The molecule has 2 N–H and O–H groups in total. The summed E-state index contributed by atoms with van der Waals surface area (Å²) in [5, 5.41) is 13.6. The lowest BCUT2D eigenvalue weighted by atomic mass is 10.2. The zero-order valence-corrected chi connectivity index (χ0v) is 13.0. The molecule has 0 aliphatic carbocycles. The Hall–Kier alpha value is -1.83. The highest BCUT2D eigenvalue weighted by atomic mass is 35.5. The topological polar surface area (TPSA) is 89.4 Å². The van der Waals surface area contributed by atoms with E-state index < -0.39 is 5.79 Å². The van der Waals surface area contributed by atoms with Crippen LogP contribution < -0.4 is 10.2 Å². The maximum Gasteiger partial charge on any atom is 0.245 e. The quantitative estimate of drug-likeness (QED) is 0.634. The van der Waals surface area contributed by atoms with Crippen LogP contribution in [0.3, 0.4) is 0 Å². The van der Waals surface area contributed by atoms with Crippen LogP contribution in [0.25, 0.3) is 0 Å². The first-order valence-corrected chi connectivity index (χ1v) is 6.97. The molecule has 22 heavy (non-hydrogen) atoms. The number of benzene rings is 1. The molecule has 0 radical (unpaired) electrons. The van der Waals surface area contributed by atoms with Gasteiger partial charge in [-0.1, -0.05) is 11.6 Å². The van der Waals surface area contributed by atoms with Crippen molar-refractivity contribution >= 4 is 23.7 Å². The second-order valence-electron chi connectivity index (χ2n) is 4.85. The van der Waals surface area contributed by atoms with E-state index in [1.165, 1.54) is 19.4 Å². The lowest BCUT2D eigenvalue weighted by Crippen LogP contribution is -2.33. The SMILES string of the molecule is COc1cc(/C=N/NC(=O)CC2(C)OCCO2)cc(Cl)c1O. The molecule has 0 spiro atoms. The molecule has 1 fully saturated rings. The first-order chi connectivity index (χ1) is 10.4. The third kappa shape index (κ3) is 4.09. The first-order valence-electron chi connectivity index (χ1n) is 6.60. The van der Waals surface area contributed by atoms with Gasteiger partial charge in [0.1, 0.15) is 0 Å². The van der Waals surface area contributed by atoms with Crippen LogP contribution in [-0.2, 0) is 14.3 Å². The predicted octanol–water partition coefficient (Wildman–Crippen LogP) is 1.66. The molecule has 1 amide bonds. The minimum Gasteiger partial charge on any atom is -0.503 e. The molecule has 0 aromatic heterocycles. The summed E-state index contributed by atoms with van der Waals surface area (Å²) in [6.07, 6.45) is 1.44. The zero-order chi connectivity index (χ0) is 16.2. The van der Waals surface area contributed by atoms with Gasteiger partial charge in [-0.15, -0.1) is 0 Å². The predicted molar refractivity (Wildman–Crippen MR) is 80.3 cm³/mol. The molecule has 1 saturated heterocycles. The smallest absolute Gasteiger partial charge is 0.245 e. The molecule has 0 bridgehead atoms. The summed E-state index contributed by atoms with van der Waals surface area (Å²) in [4.78, 5) is 11.8. The minimum atomic E-state index is -0.898. The number of halogens is 1. The van der Waals surface area contributed by atoms with Gasteiger partial charge in [0.25, 0.3) is 0 Å². The number of hydrazone groups is 1. The van der Waals surface area contributed by atoms with Crippen LogP contribution >= 0.6 is 11.6 Å². The van der Waals surface area contributed by atoms with E-state index in [9.17, 15) is 9.90 Å². The standard InChI is InChI=1S/C14H17ClN2O5/c1-14(21-3-4-22-14)7-12(18)17-16-8-9-5-10(15)13(19)11(6-9)20-2/h5-6,8,19H,3-4,7H2,1-2H3,(H,17,18)/b16-8+. The number of hydrogen-bond acceptors (Lipinski definition) is 6. The van der Waals surface area contributed by atoms with Gasteiger partial charge in [0.05, 0.1) is 38.0 Å². The molecule has 120 valence electrons. The molecule has 1 aromatic carbocycles. The van der Waals surface area contributed by atoms with E-state index in [4.69, 9.17) is 25.8 Å². The van der Waals surface area contributed by atoms with E-state index in [2.05, 4.69) is 10.5 Å². The monoisotopic (exact) mass is 328 g/mol. The number of phenols is 1. The van der Waals surface area contributed by atoms with Gasteiger partial charge in [0.15, 0.2) is 17.3 Å². The second-order valence-corrected chi connectivity index (χ2v) is 5.26. The average molecular weight is 329 g/mol. The molecular formula is C14H17ClN2O5. The lowest BCUT2D eigenvalue weighted by Gasteiger charge is -2.20. The Labute approximate surface area is 132 Å². The Balaban J connectivity index is 1.95. The van der Waals surface area contributed by atoms with Gasteiger partial charge in [0.2, 0.25) is 5.91 Å².